The number of rotatable bonds is 8. The summed E-state index contributed by atoms with van der Waals surface area (Å²) in [6.45, 7) is 6.70. The molecular weight excluding hydrogens is 532 g/mol. The minimum atomic E-state index is -3.92. The number of sulfonamides is 1. The van der Waals surface area contributed by atoms with Crippen molar-refractivity contribution in [1.82, 2.24) is 14.8 Å². The van der Waals surface area contributed by atoms with Gasteiger partial charge in [0.15, 0.2) is 4.90 Å². The lowest BCUT2D eigenvalue weighted by Crippen LogP contribution is -2.38. The maximum absolute atomic E-state index is 13.6. The standard InChI is InChI=1S/C22H23ClN4O4S.C4H8O2/c1-3-26-15-21(22(25-26)30-4-2)32(28,29)27-12-13-31-20-10-8-16(14-19(20)27)7-9-18-17(23)6-5-11-24-18;1-3-4(5)6-2/h5-11,14-15H,3-4,12-13H2,1-2H3;3H2,1-2H3/b9-7+;. The molecule has 3 heterocycles. The Morgan fingerprint density at radius 1 is 1.21 bits per heavy atom. The Morgan fingerprint density at radius 2 is 2.00 bits per heavy atom. The molecular formula is C26H31ClN4O6S. The first-order chi connectivity index (χ1) is 18.2. The molecule has 0 radical (unpaired) electrons. The summed E-state index contributed by atoms with van der Waals surface area (Å²) < 4.78 is 45.6. The summed E-state index contributed by atoms with van der Waals surface area (Å²) in [6, 6.07) is 8.90. The van der Waals surface area contributed by atoms with Crippen molar-refractivity contribution in [1.29, 1.82) is 0 Å². The summed E-state index contributed by atoms with van der Waals surface area (Å²) in [5.74, 6) is 0.437. The van der Waals surface area contributed by atoms with Gasteiger partial charge < -0.3 is 14.2 Å². The normalized spacial score (nSPS) is 12.8. The fourth-order valence-corrected chi connectivity index (χ4v) is 5.20. The maximum Gasteiger partial charge on any atom is 0.305 e. The second-order valence-corrected chi connectivity index (χ2v) is 10.1. The highest BCUT2D eigenvalue weighted by molar-refractivity contribution is 7.93. The molecule has 0 fully saturated rings. The van der Waals surface area contributed by atoms with Crippen LogP contribution in [0.3, 0.4) is 0 Å². The number of benzene rings is 1. The second-order valence-electron chi connectivity index (χ2n) is 7.87. The van der Waals surface area contributed by atoms with Crippen LogP contribution in [0.1, 0.15) is 38.4 Å². The van der Waals surface area contributed by atoms with E-state index >= 15 is 0 Å². The van der Waals surface area contributed by atoms with E-state index in [-0.39, 0.29) is 29.9 Å². The van der Waals surface area contributed by atoms with Crippen molar-refractivity contribution in [3.05, 3.63) is 59.0 Å². The van der Waals surface area contributed by atoms with Crippen LogP contribution in [-0.2, 0) is 26.1 Å². The van der Waals surface area contributed by atoms with Crippen LogP contribution in [0.5, 0.6) is 11.6 Å². The molecule has 0 spiro atoms. The highest BCUT2D eigenvalue weighted by Crippen LogP contribution is 2.38. The van der Waals surface area contributed by atoms with E-state index in [4.69, 9.17) is 21.1 Å². The number of anilines is 1. The fraction of sp³-hybridized carbons (Fsp3) is 0.346. The number of carbonyl (C=O) groups is 1. The van der Waals surface area contributed by atoms with Gasteiger partial charge in [0, 0.05) is 25.4 Å². The van der Waals surface area contributed by atoms with E-state index in [1.165, 1.54) is 17.6 Å². The number of ether oxygens (including phenoxy) is 3. The van der Waals surface area contributed by atoms with Gasteiger partial charge in [-0.3, -0.25) is 18.8 Å². The van der Waals surface area contributed by atoms with Crippen molar-refractivity contribution in [2.24, 2.45) is 0 Å². The average molecular weight is 563 g/mol. The maximum atomic E-state index is 13.6. The number of carbonyl (C=O) groups excluding carboxylic acids is 1. The van der Waals surface area contributed by atoms with E-state index in [0.717, 1.165) is 5.56 Å². The molecule has 0 atom stereocenters. The van der Waals surface area contributed by atoms with Crippen molar-refractivity contribution in [3.8, 4) is 11.6 Å². The molecule has 1 aliphatic rings. The summed E-state index contributed by atoms with van der Waals surface area (Å²) in [6.07, 6.45) is 7.24. The topological polar surface area (TPSA) is 113 Å². The predicted octanol–water partition coefficient (Wildman–Crippen LogP) is 4.68. The van der Waals surface area contributed by atoms with E-state index in [2.05, 4.69) is 14.8 Å². The van der Waals surface area contributed by atoms with Crippen LogP contribution in [0.4, 0.5) is 5.69 Å². The lowest BCUT2D eigenvalue weighted by Gasteiger charge is -2.30. The Morgan fingerprint density at radius 3 is 2.63 bits per heavy atom. The van der Waals surface area contributed by atoms with Gasteiger partial charge in [0.1, 0.15) is 12.4 Å². The molecule has 0 N–H and O–H groups in total. The largest absolute Gasteiger partial charge is 0.489 e. The third-order valence-corrected chi connectivity index (χ3v) is 7.52. The van der Waals surface area contributed by atoms with Gasteiger partial charge in [-0.1, -0.05) is 30.7 Å². The molecule has 0 amide bonds. The SMILES string of the molecule is CCC(=O)OC.CCOc1nn(CC)cc1S(=O)(=O)N1CCOc2ccc(/C=C/c3ncccc3Cl)cc21. The summed E-state index contributed by atoms with van der Waals surface area (Å²) in [4.78, 5) is 14.2. The zero-order valence-electron chi connectivity index (χ0n) is 21.8. The van der Waals surface area contributed by atoms with Gasteiger partial charge in [-0.05, 0) is 49.8 Å². The second kappa shape index (κ2) is 13.3. The van der Waals surface area contributed by atoms with Crippen molar-refractivity contribution >= 4 is 45.4 Å². The molecule has 4 rings (SSSR count). The van der Waals surface area contributed by atoms with E-state index in [1.54, 1.807) is 55.1 Å². The van der Waals surface area contributed by atoms with Crippen molar-refractivity contribution in [2.75, 3.05) is 31.2 Å². The van der Waals surface area contributed by atoms with Gasteiger partial charge in [0.05, 0.1) is 36.7 Å². The smallest absolute Gasteiger partial charge is 0.305 e. The zero-order valence-corrected chi connectivity index (χ0v) is 23.3. The first-order valence-electron chi connectivity index (χ1n) is 12.1. The molecule has 204 valence electrons. The fourth-order valence-electron chi connectivity index (χ4n) is 3.48. The number of methoxy groups -OCH3 is 1. The Labute approximate surface area is 227 Å². The lowest BCUT2D eigenvalue weighted by atomic mass is 10.1. The Bertz CT molecular complexity index is 1380. The van der Waals surface area contributed by atoms with Crippen molar-refractivity contribution in [2.45, 2.75) is 38.6 Å². The third-order valence-electron chi connectivity index (χ3n) is 5.41. The first kappa shape index (κ1) is 29.0. The van der Waals surface area contributed by atoms with Crippen LogP contribution in [0.25, 0.3) is 12.2 Å². The van der Waals surface area contributed by atoms with E-state index in [1.807, 2.05) is 19.1 Å². The highest BCUT2D eigenvalue weighted by Gasteiger charge is 2.34. The minimum Gasteiger partial charge on any atom is -0.489 e. The molecule has 0 unspecified atom stereocenters. The van der Waals surface area contributed by atoms with Gasteiger partial charge in [0.2, 0.25) is 0 Å². The quantitative estimate of drug-likeness (QED) is 0.364. The number of fused-ring (bicyclic) bond motifs is 1. The van der Waals surface area contributed by atoms with Gasteiger partial charge in [-0.2, -0.15) is 0 Å². The number of hydrogen-bond acceptors (Lipinski definition) is 8. The predicted molar refractivity (Wildman–Crippen MR) is 146 cm³/mol. The molecule has 3 aromatic rings. The van der Waals surface area contributed by atoms with Crippen LogP contribution >= 0.6 is 11.6 Å². The highest BCUT2D eigenvalue weighted by atomic mass is 35.5. The monoisotopic (exact) mass is 562 g/mol. The van der Waals surface area contributed by atoms with Crippen molar-refractivity contribution < 1.29 is 27.4 Å². The number of aryl methyl sites for hydroxylation is 1. The van der Waals surface area contributed by atoms with Crippen LogP contribution in [0.15, 0.2) is 47.6 Å². The first-order valence-corrected chi connectivity index (χ1v) is 13.9. The molecule has 10 nitrogen and oxygen atoms in total. The number of pyridine rings is 1. The number of esters is 1. The Balaban J connectivity index is 0.000000599. The van der Waals surface area contributed by atoms with E-state index in [0.29, 0.717) is 41.7 Å². The number of aromatic nitrogens is 3. The van der Waals surface area contributed by atoms with Crippen LogP contribution in [-0.4, -0.2) is 56.0 Å². The molecule has 2 aromatic heterocycles. The van der Waals surface area contributed by atoms with Crippen molar-refractivity contribution in [3.63, 3.8) is 0 Å². The van der Waals surface area contributed by atoms with Gasteiger partial charge in [0.25, 0.3) is 15.9 Å². The zero-order chi connectivity index (χ0) is 27.7. The van der Waals surface area contributed by atoms with Gasteiger partial charge in [-0.25, -0.2) is 8.42 Å². The molecule has 0 saturated carbocycles. The van der Waals surface area contributed by atoms with E-state index in [9.17, 15) is 13.2 Å². The summed E-state index contributed by atoms with van der Waals surface area (Å²) in [5, 5.41) is 4.78. The van der Waals surface area contributed by atoms with E-state index < -0.39 is 10.0 Å². The van der Waals surface area contributed by atoms with Gasteiger partial charge >= 0.3 is 5.97 Å². The molecule has 1 aliphatic heterocycles. The summed E-state index contributed by atoms with van der Waals surface area (Å²) in [5.41, 5.74) is 1.86. The summed E-state index contributed by atoms with van der Waals surface area (Å²) >= 11 is 6.17. The van der Waals surface area contributed by atoms with Gasteiger partial charge in [-0.15, -0.1) is 5.10 Å². The molecule has 12 heteroatoms. The lowest BCUT2D eigenvalue weighted by molar-refractivity contribution is -0.140. The van der Waals surface area contributed by atoms with Crippen LogP contribution < -0.4 is 13.8 Å². The number of halogens is 1. The average Bonchev–Trinajstić information content (AvgIpc) is 3.36. The van der Waals surface area contributed by atoms with Crippen LogP contribution in [0, 0.1) is 0 Å². The third kappa shape index (κ3) is 6.84. The van der Waals surface area contributed by atoms with Crippen LogP contribution in [0.2, 0.25) is 5.02 Å². The Hall–Kier alpha value is -3.57. The molecule has 1 aromatic carbocycles. The molecule has 0 aliphatic carbocycles. The Kier molecular flexibility index (Phi) is 10.1. The number of nitrogens with zero attached hydrogens (tertiary/aromatic N) is 4. The minimum absolute atomic E-state index is 0.0373. The summed E-state index contributed by atoms with van der Waals surface area (Å²) in [7, 11) is -2.54. The molecule has 38 heavy (non-hydrogen) atoms. The number of hydrogen-bond donors (Lipinski definition) is 0. The molecule has 0 bridgehead atoms. The molecule has 0 saturated heterocycles.